The molecule has 1 aromatic rings. The van der Waals surface area contributed by atoms with Crippen molar-refractivity contribution < 1.29 is 23.9 Å². The van der Waals surface area contributed by atoms with Gasteiger partial charge in [-0.05, 0) is 17.7 Å². The second kappa shape index (κ2) is 7.87. The number of carbonyl (C=O) groups is 3. The monoisotopic (exact) mass is 338 g/mol. The molecule has 0 aliphatic carbocycles. The molecule has 1 heterocycles. The zero-order chi connectivity index (χ0) is 16.8. The Bertz CT molecular complexity index is 590. The highest BCUT2D eigenvalue weighted by molar-refractivity contribution is 8.00. The topological polar surface area (TPSA) is 84.9 Å². The first-order valence-electron chi connectivity index (χ1n) is 6.93. The molecule has 8 heteroatoms. The molecule has 0 bridgehead atoms. The van der Waals surface area contributed by atoms with Gasteiger partial charge in [0.2, 0.25) is 11.8 Å². The van der Waals surface area contributed by atoms with E-state index in [9.17, 15) is 14.4 Å². The van der Waals surface area contributed by atoms with Crippen LogP contribution in [0.5, 0.6) is 5.75 Å². The highest BCUT2D eigenvalue weighted by Crippen LogP contribution is 2.38. The van der Waals surface area contributed by atoms with Crippen LogP contribution in [0.2, 0.25) is 0 Å². The van der Waals surface area contributed by atoms with Crippen LogP contribution in [0.15, 0.2) is 24.3 Å². The fourth-order valence-corrected chi connectivity index (χ4v) is 3.31. The van der Waals surface area contributed by atoms with Gasteiger partial charge in [0.05, 0.1) is 20.0 Å². The van der Waals surface area contributed by atoms with Gasteiger partial charge in [-0.3, -0.25) is 14.4 Å². The molecule has 124 valence electrons. The molecule has 0 radical (unpaired) electrons. The Labute approximate surface area is 138 Å². The molecule has 1 N–H and O–H groups in total. The maximum Gasteiger partial charge on any atom is 0.325 e. The van der Waals surface area contributed by atoms with Crippen molar-refractivity contribution in [1.82, 2.24) is 10.2 Å². The number of rotatable bonds is 6. The molecule has 1 aliphatic rings. The lowest BCUT2D eigenvalue weighted by Gasteiger charge is -2.23. The Morgan fingerprint density at radius 2 is 2.00 bits per heavy atom. The minimum Gasteiger partial charge on any atom is -0.497 e. The quantitative estimate of drug-likeness (QED) is 0.763. The average Bonchev–Trinajstić information content (AvgIpc) is 2.93. The fourth-order valence-electron chi connectivity index (χ4n) is 2.12. The van der Waals surface area contributed by atoms with E-state index in [0.717, 1.165) is 11.3 Å². The van der Waals surface area contributed by atoms with Crippen LogP contribution in [-0.4, -0.2) is 55.7 Å². The molecule has 1 atom stereocenters. The molecule has 1 saturated heterocycles. The van der Waals surface area contributed by atoms with E-state index in [0.29, 0.717) is 5.75 Å². The summed E-state index contributed by atoms with van der Waals surface area (Å²) in [5, 5.41) is 2.21. The molecule has 0 spiro atoms. The Kier molecular flexibility index (Phi) is 5.86. The molecule has 1 unspecified atom stereocenters. The van der Waals surface area contributed by atoms with Crippen molar-refractivity contribution in [2.24, 2.45) is 0 Å². The van der Waals surface area contributed by atoms with Crippen LogP contribution in [0.1, 0.15) is 10.9 Å². The average molecular weight is 338 g/mol. The zero-order valence-corrected chi connectivity index (χ0v) is 13.7. The van der Waals surface area contributed by atoms with E-state index >= 15 is 0 Å². The van der Waals surface area contributed by atoms with Gasteiger partial charge in [-0.15, -0.1) is 11.8 Å². The van der Waals surface area contributed by atoms with Crippen LogP contribution in [-0.2, 0) is 19.1 Å². The summed E-state index contributed by atoms with van der Waals surface area (Å²) in [5.74, 6) is 0.00691. The molecule has 0 aromatic heterocycles. The molecule has 0 saturated carbocycles. The number of esters is 1. The third-order valence-electron chi connectivity index (χ3n) is 3.34. The van der Waals surface area contributed by atoms with E-state index in [2.05, 4.69) is 10.1 Å². The van der Waals surface area contributed by atoms with Crippen LogP contribution < -0.4 is 10.1 Å². The number of methoxy groups -OCH3 is 2. The van der Waals surface area contributed by atoms with Crippen molar-refractivity contribution in [3.8, 4) is 5.75 Å². The third-order valence-corrected chi connectivity index (χ3v) is 4.60. The highest BCUT2D eigenvalue weighted by atomic mass is 32.2. The number of thioether (sulfide) groups is 1. The van der Waals surface area contributed by atoms with E-state index in [-0.39, 0.29) is 24.4 Å². The normalized spacial score (nSPS) is 17.0. The van der Waals surface area contributed by atoms with Gasteiger partial charge < -0.3 is 19.7 Å². The van der Waals surface area contributed by atoms with Gasteiger partial charge in [0.15, 0.2) is 0 Å². The van der Waals surface area contributed by atoms with Gasteiger partial charge in [0.25, 0.3) is 0 Å². The van der Waals surface area contributed by atoms with Gasteiger partial charge in [0.1, 0.15) is 24.2 Å². The number of carbonyl (C=O) groups excluding carboxylic acids is 3. The summed E-state index contributed by atoms with van der Waals surface area (Å²) >= 11 is 1.46. The first kappa shape index (κ1) is 17.1. The van der Waals surface area contributed by atoms with Crippen LogP contribution in [0.25, 0.3) is 0 Å². The number of hydrogen-bond acceptors (Lipinski definition) is 6. The molecule has 7 nitrogen and oxygen atoms in total. The second-order valence-electron chi connectivity index (χ2n) is 4.81. The van der Waals surface area contributed by atoms with Gasteiger partial charge >= 0.3 is 5.97 Å². The van der Waals surface area contributed by atoms with Crippen molar-refractivity contribution in [3.05, 3.63) is 29.8 Å². The van der Waals surface area contributed by atoms with Crippen LogP contribution in [0, 0.1) is 0 Å². The summed E-state index contributed by atoms with van der Waals surface area (Å²) in [5.41, 5.74) is 0.919. The molecule has 2 amide bonds. The predicted molar refractivity (Wildman–Crippen MR) is 84.9 cm³/mol. The molecule has 1 aromatic carbocycles. The van der Waals surface area contributed by atoms with E-state index in [1.54, 1.807) is 7.11 Å². The molecule has 23 heavy (non-hydrogen) atoms. The van der Waals surface area contributed by atoms with Crippen LogP contribution in [0.3, 0.4) is 0 Å². The first-order valence-corrected chi connectivity index (χ1v) is 7.98. The van der Waals surface area contributed by atoms with E-state index in [1.165, 1.54) is 23.8 Å². The lowest BCUT2D eigenvalue weighted by atomic mass is 10.2. The number of nitrogens with zero attached hydrogens (tertiary/aromatic N) is 1. The van der Waals surface area contributed by atoms with Crippen molar-refractivity contribution >= 4 is 29.5 Å². The summed E-state index contributed by atoms with van der Waals surface area (Å²) < 4.78 is 9.57. The lowest BCUT2D eigenvalue weighted by Crippen LogP contribution is -2.41. The summed E-state index contributed by atoms with van der Waals surface area (Å²) in [7, 11) is 2.83. The smallest absolute Gasteiger partial charge is 0.325 e. The highest BCUT2D eigenvalue weighted by Gasteiger charge is 2.34. The van der Waals surface area contributed by atoms with E-state index in [4.69, 9.17) is 4.74 Å². The van der Waals surface area contributed by atoms with Crippen molar-refractivity contribution in [3.63, 3.8) is 0 Å². The van der Waals surface area contributed by atoms with Crippen molar-refractivity contribution in [2.45, 2.75) is 5.37 Å². The maximum atomic E-state index is 12.0. The van der Waals surface area contributed by atoms with Gasteiger partial charge in [-0.25, -0.2) is 0 Å². The largest absolute Gasteiger partial charge is 0.497 e. The Morgan fingerprint density at radius 1 is 1.30 bits per heavy atom. The molecule has 1 fully saturated rings. The van der Waals surface area contributed by atoms with Crippen LogP contribution in [0.4, 0.5) is 0 Å². The van der Waals surface area contributed by atoms with Crippen molar-refractivity contribution in [1.29, 1.82) is 0 Å². The van der Waals surface area contributed by atoms with Gasteiger partial charge in [-0.1, -0.05) is 12.1 Å². The second-order valence-corrected chi connectivity index (χ2v) is 5.88. The summed E-state index contributed by atoms with van der Waals surface area (Å²) in [6.45, 7) is -0.308. The fraction of sp³-hybridized carbons (Fsp3) is 0.400. The Balaban J connectivity index is 2.01. The number of benzene rings is 1. The molecular formula is C15H18N2O5S. The van der Waals surface area contributed by atoms with E-state index in [1.807, 2.05) is 24.3 Å². The number of ether oxygens (including phenoxy) is 2. The summed E-state index contributed by atoms with van der Waals surface area (Å²) in [6, 6.07) is 7.37. The van der Waals surface area contributed by atoms with Gasteiger partial charge in [-0.2, -0.15) is 0 Å². The first-order chi connectivity index (χ1) is 11.0. The van der Waals surface area contributed by atoms with Crippen molar-refractivity contribution in [2.75, 3.05) is 33.1 Å². The number of hydrogen-bond donors (Lipinski definition) is 1. The molecule has 1 aliphatic heterocycles. The summed E-state index contributed by atoms with van der Waals surface area (Å²) in [4.78, 5) is 36.4. The van der Waals surface area contributed by atoms with Crippen LogP contribution >= 0.6 is 11.8 Å². The minimum absolute atomic E-state index is 0.0977. The number of amides is 2. The standard InChI is InChI=1S/C15H18N2O5S/c1-21-11-5-3-10(4-6-11)15-17(13(19)9-23-15)8-12(18)16-7-14(20)22-2/h3-6,15H,7-9H2,1-2H3,(H,16,18). The summed E-state index contributed by atoms with van der Waals surface area (Å²) in [6.07, 6.45) is 0. The van der Waals surface area contributed by atoms with Gasteiger partial charge in [0, 0.05) is 0 Å². The zero-order valence-electron chi connectivity index (χ0n) is 12.9. The SMILES string of the molecule is COC(=O)CNC(=O)CN1C(=O)CSC1c1ccc(OC)cc1. The van der Waals surface area contributed by atoms with E-state index < -0.39 is 11.9 Å². The molecular weight excluding hydrogens is 320 g/mol. The Hall–Kier alpha value is -2.22. The number of nitrogens with one attached hydrogen (secondary N) is 1. The lowest BCUT2D eigenvalue weighted by molar-refractivity contribution is -0.141. The Morgan fingerprint density at radius 3 is 2.61 bits per heavy atom. The third kappa shape index (κ3) is 4.38. The maximum absolute atomic E-state index is 12.0. The minimum atomic E-state index is -0.535. The predicted octanol–water partition coefficient (Wildman–Crippen LogP) is 0.558. The molecule has 2 rings (SSSR count).